The number of ether oxygens (including phenoxy) is 1. The maximum absolute atomic E-state index is 13.2. The molecule has 1 N–H and O–H groups in total. The molecule has 9 heteroatoms. The number of aryl methyl sites for hydroxylation is 2. The molecule has 0 atom stereocenters. The summed E-state index contributed by atoms with van der Waals surface area (Å²) in [5.74, 6) is -0.595. The molecule has 0 amide bonds. The number of halogens is 2. The van der Waals surface area contributed by atoms with Gasteiger partial charge in [0, 0.05) is 11.3 Å². The van der Waals surface area contributed by atoms with Crippen LogP contribution in [0.25, 0.3) is 11.1 Å². The van der Waals surface area contributed by atoms with E-state index >= 15 is 0 Å². The maximum atomic E-state index is 13.2. The monoisotopic (exact) mass is 454 g/mol. The molecule has 2 heterocycles. The van der Waals surface area contributed by atoms with Crippen LogP contribution in [-0.4, -0.2) is 26.4 Å². The predicted molar refractivity (Wildman–Crippen MR) is 95.0 cm³/mol. The molecule has 0 saturated carbocycles. The Balaban J connectivity index is 1.90. The molecule has 0 bridgehead atoms. The Bertz CT molecular complexity index is 945. The van der Waals surface area contributed by atoms with Gasteiger partial charge in [0.2, 0.25) is 11.6 Å². The van der Waals surface area contributed by atoms with E-state index in [1.807, 2.05) is 13.0 Å². The summed E-state index contributed by atoms with van der Waals surface area (Å²) in [7, 11) is 0. The molecule has 0 spiro atoms. The smallest absolute Gasteiger partial charge is 0.374 e. The average molecular weight is 454 g/mol. The number of nitrogens with one attached hydrogen (secondary N) is 1. The Hall–Kier alpha value is -2.56. The molecule has 7 nitrogen and oxygen atoms in total. The highest BCUT2D eigenvalue weighted by Crippen LogP contribution is 2.31. The van der Waals surface area contributed by atoms with Crippen molar-refractivity contribution in [2.45, 2.75) is 13.8 Å². The number of carbonyl (C=O) groups excluding carboxylic acids is 1. The number of aromatic amines is 1. The van der Waals surface area contributed by atoms with Crippen LogP contribution in [0.2, 0.25) is 0 Å². The third-order valence-corrected chi connectivity index (χ3v) is 3.94. The van der Waals surface area contributed by atoms with Crippen molar-refractivity contribution >= 4 is 29.0 Å². The Morgan fingerprint density at radius 1 is 1.20 bits per heavy atom. The lowest BCUT2D eigenvalue weighted by Gasteiger charge is -2.11. The summed E-state index contributed by atoms with van der Waals surface area (Å²) in [5.41, 5.74) is 3.20. The van der Waals surface area contributed by atoms with Crippen molar-refractivity contribution < 1.29 is 17.0 Å². The third kappa shape index (κ3) is 3.60. The van der Waals surface area contributed by atoms with Gasteiger partial charge in [-0.2, -0.15) is 4.39 Å². The Morgan fingerprint density at radius 3 is 2.64 bits per heavy atom. The van der Waals surface area contributed by atoms with Gasteiger partial charge in [-0.1, -0.05) is 11.3 Å². The lowest BCUT2D eigenvalue weighted by molar-refractivity contribution is 0.0791. The molecular formula is C16H12FIN4O3. The van der Waals surface area contributed by atoms with E-state index < -0.39 is 11.9 Å². The minimum Gasteiger partial charge on any atom is -0.437 e. The molecule has 25 heavy (non-hydrogen) atoms. The van der Waals surface area contributed by atoms with E-state index in [4.69, 9.17) is 4.74 Å². The summed E-state index contributed by atoms with van der Waals surface area (Å²) in [6, 6.07) is 8.37. The quantitative estimate of drug-likeness (QED) is 0.475. The fourth-order valence-corrected chi connectivity index (χ4v) is 2.60. The van der Waals surface area contributed by atoms with E-state index in [0.717, 1.165) is 16.7 Å². The summed E-state index contributed by atoms with van der Waals surface area (Å²) in [6.45, 7) is 3.65. The van der Waals surface area contributed by atoms with E-state index in [1.54, 1.807) is 25.1 Å². The van der Waals surface area contributed by atoms with E-state index in [0.29, 0.717) is 11.4 Å². The lowest BCUT2D eigenvalue weighted by Crippen LogP contribution is -2.01. The average Bonchev–Trinajstić information content (AvgIpc) is 3.03. The fraction of sp³-hybridized carbons (Fsp3) is 0.125. The number of rotatable bonds is 4. The summed E-state index contributed by atoms with van der Waals surface area (Å²) >= 11 is 1.46. The van der Waals surface area contributed by atoms with Crippen LogP contribution in [-0.2, 0) is 3.07 Å². The van der Waals surface area contributed by atoms with Crippen molar-refractivity contribution in [3.05, 3.63) is 53.2 Å². The molecule has 2 aromatic heterocycles. The molecule has 3 aromatic rings. The Labute approximate surface area is 156 Å². The number of H-pyrrole nitrogens is 1. The van der Waals surface area contributed by atoms with Crippen LogP contribution in [0.3, 0.4) is 0 Å². The lowest BCUT2D eigenvalue weighted by atomic mass is 9.99. The van der Waals surface area contributed by atoms with Crippen molar-refractivity contribution in [2.75, 3.05) is 0 Å². The zero-order chi connectivity index (χ0) is 18.0. The van der Waals surface area contributed by atoms with Crippen LogP contribution in [0.1, 0.15) is 21.7 Å². The fourth-order valence-electron chi connectivity index (χ4n) is 2.39. The first kappa shape index (κ1) is 17.3. The van der Waals surface area contributed by atoms with Crippen LogP contribution in [0, 0.1) is 19.8 Å². The topological polar surface area (TPSA) is 90.0 Å². The van der Waals surface area contributed by atoms with Crippen LogP contribution in [0.15, 0.2) is 30.3 Å². The van der Waals surface area contributed by atoms with Crippen LogP contribution in [0.4, 0.5) is 4.39 Å². The Morgan fingerprint density at radius 2 is 1.96 bits per heavy atom. The highest BCUT2D eigenvalue weighted by Gasteiger charge is 2.19. The number of benzene rings is 1. The van der Waals surface area contributed by atoms with Crippen LogP contribution >= 0.6 is 23.0 Å². The second kappa shape index (κ2) is 7.13. The standard InChI is InChI=1S/C16H12FIN4O3/c1-8-7-10(24-15-14(16(23)25-18)20-22-21-15)3-4-11(8)12-5-6-13(17)19-9(12)2/h3-7H,1-2H3,(H,20,21,22). The van der Waals surface area contributed by atoms with Gasteiger partial charge < -0.3 is 7.80 Å². The normalized spacial score (nSPS) is 10.6. The number of nitrogens with zero attached hydrogens (tertiary/aromatic N) is 3. The third-order valence-electron chi connectivity index (χ3n) is 3.54. The van der Waals surface area contributed by atoms with Gasteiger partial charge in [0.15, 0.2) is 23.0 Å². The molecule has 0 saturated heterocycles. The second-order valence-corrected chi connectivity index (χ2v) is 5.64. The number of carbonyl (C=O) groups is 1. The van der Waals surface area contributed by atoms with Crippen molar-refractivity contribution in [2.24, 2.45) is 0 Å². The van der Waals surface area contributed by atoms with Gasteiger partial charge in [-0.25, -0.2) is 14.9 Å². The first-order chi connectivity index (χ1) is 12.0. The minimum atomic E-state index is -0.661. The Kier molecular flexibility index (Phi) is 4.93. The highest BCUT2D eigenvalue weighted by molar-refractivity contribution is 14.1. The van der Waals surface area contributed by atoms with Crippen molar-refractivity contribution in [1.29, 1.82) is 0 Å². The summed E-state index contributed by atoms with van der Waals surface area (Å²) in [5, 5.41) is 9.70. The molecule has 128 valence electrons. The number of aromatic nitrogens is 4. The molecule has 3 rings (SSSR count). The van der Waals surface area contributed by atoms with Crippen LogP contribution in [0.5, 0.6) is 11.6 Å². The van der Waals surface area contributed by atoms with Crippen molar-refractivity contribution in [3.63, 3.8) is 0 Å². The first-order valence-electron chi connectivity index (χ1n) is 7.15. The van der Waals surface area contributed by atoms with Gasteiger partial charge in [0.25, 0.3) is 5.88 Å². The van der Waals surface area contributed by atoms with Gasteiger partial charge in [-0.15, -0.1) is 5.10 Å². The number of hydrogen-bond acceptors (Lipinski definition) is 6. The molecule has 1 aromatic carbocycles. The highest BCUT2D eigenvalue weighted by atomic mass is 127. The largest absolute Gasteiger partial charge is 0.437 e. The van der Waals surface area contributed by atoms with E-state index in [1.165, 1.54) is 29.1 Å². The predicted octanol–water partition coefficient (Wildman–Crippen LogP) is 3.92. The number of hydrogen-bond donors (Lipinski definition) is 1. The van der Waals surface area contributed by atoms with Gasteiger partial charge in [0.1, 0.15) is 5.75 Å². The minimum absolute atomic E-state index is 0.0466. The van der Waals surface area contributed by atoms with E-state index in [2.05, 4.69) is 23.5 Å². The van der Waals surface area contributed by atoms with Crippen molar-refractivity contribution in [3.8, 4) is 22.8 Å². The molecular weight excluding hydrogens is 442 g/mol. The second-order valence-electron chi connectivity index (χ2n) is 5.20. The zero-order valence-corrected chi connectivity index (χ0v) is 15.4. The number of pyridine rings is 1. The molecule has 0 fully saturated rings. The van der Waals surface area contributed by atoms with Gasteiger partial charge in [-0.05, 0) is 49.2 Å². The molecule has 0 unspecified atom stereocenters. The summed E-state index contributed by atoms with van der Waals surface area (Å²) in [4.78, 5) is 15.4. The van der Waals surface area contributed by atoms with E-state index in [9.17, 15) is 9.18 Å². The maximum Gasteiger partial charge on any atom is 0.374 e. The van der Waals surface area contributed by atoms with Crippen LogP contribution < -0.4 is 4.74 Å². The molecule has 0 aliphatic rings. The molecule has 0 aliphatic heterocycles. The van der Waals surface area contributed by atoms with Gasteiger partial charge in [0.05, 0.1) is 0 Å². The van der Waals surface area contributed by atoms with E-state index in [-0.39, 0.29) is 11.6 Å². The van der Waals surface area contributed by atoms with Crippen molar-refractivity contribution in [1.82, 2.24) is 20.4 Å². The SMILES string of the molecule is Cc1cc(Oc2[nH]nnc2C(=O)OI)ccc1-c1ccc(F)nc1C. The van der Waals surface area contributed by atoms with Gasteiger partial charge >= 0.3 is 5.97 Å². The first-order valence-corrected chi connectivity index (χ1v) is 8.03. The molecule has 0 aliphatic carbocycles. The molecule has 0 radical (unpaired) electrons. The summed E-state index contributed by atoms with van der Waals surface area (Å²) in [6.07, 6.45) is 0. The van der Waals surface area contributed by atoms with Gasteiger partial charge in [-0.3, -0.25) is 0 Å². The zero-order valence-electron chi connectivity index (χ0n) is 13.2. The summed E-state index contributed by atoms with van der Waals surface area (Å²) < 4.78 is 23.4.